The Balaban J connectivity index is 2.58. The third kappa shape index (κ3) is 3.32. The van der Waals surface area contributed by atoms with Crippen LogP contribution in [0.1, 0.15) is 21.5 Å². The fourth-order valence-corrected chi connectivity index (χ4v) is 1.94. The maximum atomic E-state index is 11.2. The molecular formula is C11H12O3S. The summed E-state index contributed by atoms with van der Waals surface area (Å²) in [6, 6.07) is 3.55. The molecule has 0 unspecified atom stereocenters. The second-order valence-corrected chi connectivity index (χ2v) is 4.12. The molecule has 0 aromatic carbocycles. The molecule has 1 rings (SSSR count). The van der Waals surface area contributed by atoms with Gasteiger partial charge in [-0.05, 0) is 19.1 Å². The Hall–Kier alpha value is -1.42. The molecule has 1 heterocycles. The molecule has 0 atom stereocenters. The Morgan fingerprint density at radius 1 is 1.60 bits per heavy atom. The summed E-state index contributed by atoms with van der Waals surface area (Å²) >= 11 is 1.36. The van der Waals surface area contributed by atoms with Gasteiger partial charge in [-0.2, -0.15) is 0 Å². The molecule has 80 valence electrons. The Morgan fingerprint density at radius 3 is 2.87 bits per heavy atom. The molecule has 0 aliphatic carbocycles. The third-order valence-electron chi connectivity index (χ3n) is 1.75. The molecule has 0 fully saturated rings. The van der Waals surface area contributed by atoms with Gasteiger partial charge < -0.3 is 4.74 Å². The minimum absolute atomic E-state index is 0.349. The minimum atomic E-state index is -0.376. The molecule has 3 nitrogen and oxygen atoms in total. The van der Waals surface area contributed by atoms with Crippen molar-refractivity contribution in [3.05, 3.63) is 34.0 Å². The van der Waals surface area contributed by atoms with Crippen molar-refractivity contribution in [3.63, 3.8) is 0 Å². The van der Waals surface area contributed by atoms with Gasteiger partial charge in [-0.25, -0.2) is 4.79 Å². The molecule has 0 saturated carbocycles. The van der Waals surface area contributed by atoms with Gasteiger partial charge in [0.15, 0.2) is 6.29 Å². The van der Waals surface area contributed by atoms with Gasteiger partial charge in [-0.3, -0.25) is 4.79 Å². The van der Waals surface area contributed by atoms with E-state index in [0.717, 1.165) is 11.2 Å². The molecule has 0 aliphatic rings. The lowest BCUT2D eigenvalue weighted by atomic mass is 10.2. The summed E-state index contributed by atoms with van der Waals surface area (Å²) in [5.74, 6) is -0.376. The first-order valence-electron chi connectivity index (χ1n) is 4.56. The van der Waals surface area contributed by atoms with E-state index >= 15 is 0 Å². The molecule has 15 heavy (non-hydrogen) atoms. The average Bonchev–Trinajstić information content (AvgIpc) is 2.66. The van der Waals surface area contributed by atoms with Crippen LogP contribution in [0.15, 0.2) is 24.3 Å². The van der Waals surface area contributed by atoms with Gasteiger partial charge in [-0.1, -0.05) is 6.58 Å². The van der Waals surface area contributed by atoms with Crippen LogP contribution >= 0.6 is 11.3 Å². The molecule has 0 amide bonds. The Labute approximate surface area is 92.4 Å². The van der Waals surface area contributed by atoms with Crippen LogP contribution in [0.2, 0.25) is 0 Å². The lowest BCUT2D eigenvalue weighted by Crippen LogP contribution is -2.08. The molecule has 0 N–H and O–H groups in total. The monoisotopic (exact) mass is 224 g/mol. The van der Waals surface area contributed by atoms with E-state index in [1.807, 2.05) is 6.07 Å². The summed E-state index contributed by atoms with van der Waals surface area (Å²) < 4.78 is 4.81. The maximum absolute atomic E-state index is 11.2. The molecule has 4 heteroatoms. The molecule has 0 spiro atoms. The van der Waals surface area contributed by atoms with Crippen LogP contribution in [0.5, 0.6) is 0 Å². The van der Waals surface area contributed by atoms with E-state index in [0.29, 0.717) is 23.5 Å². The van der Waals surface area contributed by atoms with Gasteiger partial charge in [0, 0.05) is 16.9 Å². The first kappa shape index (κ1) is 11.7. The normalized spacial score (nSPS) is 9.67. The quantitative estimate of drug-likeness (QED) is 0.437. The Kier molecular flexibility index (Phi) is 4.24. The highest BCUT2D eigenvalue weighted by Crippen LogP contribution is 2.18. The smallest absolute Gasteiger partial charge is 0.333 e. The molecule has 1 aromatic rings. The van der Waals surface area contributed by atoms with Gasteiger partial charge in [-0.15, -0.1) is 11.3 Å². The summed E-state index contributed by atoms with van der Waals surface area (Å²) in [6.45, 7) is 5.75. The van der Waals surface area contributed by atoms with Crippen molar-refractivity contribution >= 4 is 23.6 Å². The van der Waals surface area contributed by atoms with Gasteiger partial charge >= 0.3 is 5.97 Å². The molecule has 0 saturated heterocycles. The van der Waals surface area contributed by atoms with Crippen LogP contribution in [0, 0.1) is 0 Å². The van der Waals surface area contributed by atoms with Crippen LogP contribution in [0.4, 0.5) is 0 Å². The predicted octanol–water partition coefficient (Wildman–Crippen LogP) is 2.22. The van der Waals surface area contributed by atoms with E-state index in [4.69, 9.17) is 4.74 Å². The summed E-state index contributed by atoms with van der Waals surface area (Å²) in [5, 5.41) is 0. The zero-order chi connectivity index (χ0) is 11.3. The van der Waals surface area contributed by atoms with Crippen LogP contribution in [-0.2, 0) is 16.0 Å². The largest absolute Gasteiger partial charge is 0.463 e. The number of thiophene rings is 1. The topological polar surface area (TPSA) is 43.4 Å². The zero-order valence-corrected chi connectivity index (χ0v) is 9.30. The lowest BCUT2D eigenvalue weighted by molar-refractivity contribution is -0.138. The SMILES string of the molecule is C=C(Cc1ccc(C=O)s1)C(=O)OCC. The number of rotatable bonds is 5. The Morgan fingerprint density at radius 2 is 2.33 bits per heavy atom. The van der Waals surface area contributed by atoms with Gasteiger partial charge in [0.2, 0.25) is 0 Å². The van der Waals surface area contributed by atoms with E-state index in [2.05, 4.69) is 6.58 Å². The average molecular weight is 224 g/mol. The first-order chi connectivity index (χ1) is 7.17. The summed E-state index contributed by atoms with van der Waals surface area (Å²) in [5.41, 5.74) is 0.413. The number of ether oxygens (including phenoxy) is 1. The van der Waals surface area contributed by atoms with Crippen LogP contribution in [0.25, 0.3) is 0 Å². The lowest BCUT2D eigenvalue weighted by Gasteiger charge is -2.02. The molecule has 0 radical (unpaired) electrons. The van der Waals surface area contributed by atoms with E-state index in [-0.39, 0.29) is 5.97 Å². The van der Waals surface area contributed by atoms with Crippen molar-refractivity contribution in [2.24, 2.45) is 0 Å². The number of carbonyl (C=O) groups excluding carboxylic acids is 2. The van der Waals surface area contributed by atoms with Crippen LogP contribution in [-0.4, -0.2) is 18.9 Å². The van der Waals surface area contributed by atoms with E-state index in [1.54, 1.807) is 13.0 Å². The highest BCUT2D eigenvalue weighted by atomic mass is 32.1. The van der Waals surface area contributed by atoms with Crippen LogP contribution < -0.4 is 0 Å². The van der Waals surface area contributed by atoms with Crippen molar-refractivity contribution in [2.75, 3.05) is 6.61 Å². The van der Waals surface area contributed by atoms with Crippen molar-refractivity contribution in [1.82, 2.24) is 0 Å². The van der Waals surface area contributed by atoms with E-state index in [9.17, 15) is 9.59 Å². The van der Waals surface area contributed by atoms with Gasteiger partial charge in [0.1, 0.15) is 0 Å². The van der Waals surface area contributed by atoms with Gasteiger partial charge in [0.05, 0.1) is 11.5 Å². The van der Waals surface area contributed by atoms with Gasteiger partial charge in [0.25, 0.3) is 0 Å². The van der Waals surface area contributed by atoms with Crippen LogP contribution in [0.3, 0.4) is 0 Å². The van der Waals surface area contributed by atoms with Crippen molar-refractivity contribution < 1.29 is 14.3 Å². The number of hydrogen-bond acceptors (Lipinski definition) is 4. The molecule has 0 aliphatic heterocycles. The second kappa shape index (κ2) is 5.46. The fraction of sp³-hybridized carbons (Fsp3) is 0.273. The standard InChI is InChI=1S/C11H12O3S/c1-3-14-11(13)8(2)6-9-4-5-10(7-12)15-9/h4-5,7H,2-3,6H2,1H3. The first-order valence-corrected chi connectivity index (χ1v) is 5.37. The maximum Gasteiger partial charge on any atom is 0.333 e. The van der Waals surface area contributed by atoms with Crippen molar-refractivity contribution in [2.45, 2.75) is 13.3 Å². The molecular weight excluding hydrogens is 212 g/mol. The fourth-order valence-electron chi connectivity index (χ4n) is 1.07. The number of hydrogen-bond donors (Lipinski definition) is 0. The van der Waals surface area contributed by atoms with Crippen molar-refractivity contribution in [1.29, 1.82) is 0 Å². The summed E-state index contributed by atoms with van der Waals surface area (Å²) in [7, 11) is 0. The molecule has 0 bridgehead atoms. The third-order valence-corrected chi connectivity index (χ3v) is 2.76. The highest BCUT2D eigenvalue weighted by Gasteiger charge is 2.09. The summed E-state index contributed by atoms with van der Waals surface area (Å²) in [6.07, 6.45) is 1.23. The highest BCUT2D eigenvalue weighted by molar-refractivity contribution is 7.13. The number of aldehydes is 1. The summed E-state index contributed by atoms with van der Waals surface area (Å²) in [4.78, 5) is 23.3. The van der Waals surface area contributed by atoms with Crippen molar-refractivity contribution in [3.8, 4) is 0 Å². The molecule has 1 aromatic heterocycles. The van der Waals surface area contributed by atoms with E-state index < -0.39 is 0 Å². The second-order valence-electron chi connectivity index (χ2n) is 2.92. The zero-order valence-electron chi connectivity index (χ0n) is 8.49. The number of carbonyl (C=O) groups is 2. The number of esters is 1. The predicted molar refractivity (Wildman–Crippen MR) is 59.2 cm³/mol. The van der Waals surface area contributed by atoms with E-state index in [1.165, 1.54) is 11.3 Å². The Bertz CT molecular complexity index is 379. The minimum Gasteiger partial charge on any atom is -0.463 e.